The van der Waals surface area contributed by atoms with Gasteiger partial charge in [0, 0.05) is 56.6 Å². The topological polar surface area (TPSA) is 122 Å². The van der Waals surface area contributed by atoms with E-state index in [1.54, 1.807) is 6.33 Å². The van der Waals surface area contributed by atoms with Crippen LogP contribution < -0.4 is 5.73 Å². The predicted molar refractivity (Wildman–Crippen MR) is 116 cm³/mol. The Morgan fingerprint density at radius 2 is 2.13 bits per heavy atom. The molecule has 1 aromatic heterocycles. The molecular weight excluding hydrogens is 392 g/mol. The van der Waals surface area contributed by atoms with Gasteiger partial charge in [0.2, 0.25) is 0 Å². The molecule has 2 fully saturated rings. The molecule has 2 aliphatic rings. The van der Waals surface area contributed by atoms with Crippen molar-refractivity contribution in [1.29, 1.82) is 5.26 Å². The second kappa shape index (κ2) is 9.18. The average Bonchev–Trinajstić information content (AvgIpc) is 3.29. The van der Waals surface area contributed by atoms with Gasteiger partial charge in [-0.2, -0.15) is 5.26 Å². The highest BCUT2D eigenvalue weighted by Gasteiger charge is 2.48. The minimum absolute atomic E-state index is 0.198. The van der Waals surface area contributed by atoms with E-state index < -0.39 is 11.5 Å². The third-order valence-corrected chi connectivity index (χ3v) is 6.82. The minimum Gasteiger partial charge on any atom is -0.378 e. The van der Waals surface area contributed by atoms with Gasteiger partial charge < -0.3 is 15.8 Å². The van der Waals surface area contributed by atoms with Gasteiger partial charge in [0.05, 0.1) is 18.0 Å². The van der Waals surface area contributed by atoms with E-state index in [0.29, 0.717) is 12.0 Å². The number of carbonyl (C=O) groups is 1. The van der Waals surface area contributed by atoms with Crippen LogP contribution in [0.1, 0.15) is 42.5 Å². The number of aromatic nitrogens is 2. The van der Waals surface area contributed by atoms with Crippen LogP contribution in [-0.4, -0.2) is 68.1 Å². The van der Waals surface area contributed by atoms with E-state index in [9.17, 15) is 9.90 Å². The molecule has 0 spiro atoms. The molecule has 164 valence electrons. The summed E-state index contributed by atoms with van der Waals surface area (Å²) in [6, 6.07) is 9.84. The van der Waals surface area contributed by atoms with Crippen molar-refractivity contribution in [2.75, 3.05) is 19.6 Å². The maximum absolute atomic E-state index is 12.1. The van der Waals surface area contributed by atoms with Crippen molar-refractivity contribution in [2.24, 2.45) is 5.73 Å². The number of piperazine rings is 1. The second-order valence-corrected chi connectivity index (χ2v) is 8.76. The number of primary amides is 1. The number of hydrogen-bond acceptors (Lipinski definition) is 6. The Labute approximate surface area is 182 Å². The summed E-state index contributed by atoms with van der Waals surface area (Å²) in [5, 5.41) is 20.1. The number of benzene rings is 1. The summed E-state index contributed by atoms with van der Waals surface area (Å²) in [5.41, 5.74) is 7.06. The summed E-state index contributed by atoms with van der Waals surface area (Å²) in [5.74, 6) is -0.609. The van der Waals surface area contributed by atoms with E-state index in [1.807, 2.05) is 30.5 Å². The van der Waals surface area contributed by atoms with E-state index in [1.165, 1.54) is 0 Å². The molecule has 1 saturated heterocycles. The Bertz CT molecular complexity index is 923. The zero-order chi connectivity index (χ0) is 21.8. The number of imidazole rings is 1. The Balaban J connectivity index is 1.52. The summed E-state index contributed by atoms with van der Waals surface area (Å²) in [4.78, 5) is 24.2. The van der Waals surface area contributed by atoms with Crippen molar-refractivity contribution in [3.63, 3.8) is 0 Å². The van der Waals surface area contributed by atoms with Crippen molar-refractivity contribution in [2.45, 2.75) is 56.3 Å². The lowest BCUT2D eigenvalue weighted by Crippen LogP contribution is -2.65. The largest absolute Gasteiger partial charge is 0.378 e. The number of nitrogens with zero attached hydrogens (tertiary/aromatic N) is 4. The van der Waals surface area contributed by atoms with Crippen LogP contribution in [0, 0.1) is 11.3 Å². The highest BCUT2D eigenvalue weighted by Crippen LogP contribution is 2.34. The number of nitrogens with one attached hydrogen (secondary N) is 1. The fourth-order valence-electron chi connectivity index (χ4n) is 5.08. The monoisotopic (exact) mass is 422 g/mol. The normalized spacial score (nSPS) is 27.6. The van der Waals surface area contributed by atoms with E-state index in [2.05, 4.69) is 25.8 Å². The molecule has 4 N–H and O–H groups in total. The molecular formula is C23H30N6O2. The number of aromatic amines is 1. The predicted octanol–water partition coefficient (Wildman–Crippen LogP) is 1.17. The number of nitriles is 1. The Morgan fingerprint density at radius 3 is 2.81 bits per heavy atom. The van der Waals surface area contributed by atoms with Crippen LogP contribution in [0.4, 0.5) is 0 Å². The van der Waals surface area contributed by atoms with Gasteiger partial charge in [0.25, 0.3) is 5.91 Å². The summed E-state index contributed by atoms with van der Waals surface area (Å²) < 4.78 is 0. The first-order valence-corrected chi connectivity index (χ1v) is 11.0. The maximum Gasteiger partial charge on any atom is 0.251 e. The van der Waals surface area contributed by atoms with Crippen LogP contribution >= 0.6 is 0 Å². The van der Waals surface area contributed by atoms with Crippen molar-refractivity contribution in [3.05, 3.63) is 53.6 Å². The Kier molecular flexibility index (Phi) is 6.37. The average molecular weight is 423 g/mol. The first-order valence-electron chi connectivity index (χ1n) is 11.0. The van der Waals surface area contributed by atoms with Gasteiger partial charge in [-0.25, -0.2) is 4.98 Å². The first kappa shape index (κ1) is 21.5. The molecule has 1 amide bonds. The highest BCUT2D eigenvalue weighted by molar-refractivity contribution is 5.84. The first-order chi connectivity index (χ1) is 15.0. The van der Waals surface area contributed by atoms with E-state index >= 15 is 0 Å². The molecule has 0 bridgehead atoms. The zero-order valence-corrected chi connectivity index (χ0v) is 17.7. The molecule has 1 aliphatic carbocycles. The number of H-pyrrole nitrogens is 1. The SMILES string of the molecule is N#Cc1ccc(CN2CCN(C3CCCCC3(O)C(N)=O)CC2Cc2cnc[nH]2)cc1. The van der Waals surface area contributed by atoms with Crippen LogP contribution in [0.5, 0.6) is 0 Å². The second-order valence-electron chi connectivity index (χ2n) is 8.76. The van der Waals surface area contributed by atoms with Crippen LogP contribution in [0.2, 0.25) is 0 Å². The molecule has 1 aromatic carbocycles. The molecule has 8 heteroatoms. The molecule has 2 aromatic rings. The van der Waals surface area contributed by atoms with Gasteiger partial charge >= 0.3 is 0 Å². The number of aliphatic hydroxyl groups is 1. The van der Waals surface area contributed by atoms with Gasteiger partial charge in [-0.15, -0.1) is 0 Å². The fraction of sp³-hybridized carbons (Fsp3) is 0.522. The van der Waals surface area contributed by atoms with E-state index in [0.717, 1.165) is 63.1 Å². The third-order valence-electron chi connectivity index (χ3n) is 6.82. The van der Waals surface area contributed by atoms with E-state index in [4.69, 9.17) is 11.0 Å². The Hall–Kier alpha value is -2.73. The molecule has 1 aliphatic heterocycles. The number of amides is 1. The lowest BCUT2D eigenvalue weighted by Gasteiger charge is -2.49. The number of nitrogens with two attached hydrogens (primary N) is 1. The van der Waals surface area contributed by atoms with Crippen molar-refractivity contribution in [1.82, 2.24) is 19.8 Å². The summed E-state index contributed by atoms with van der Waals surface area (Å²) in [6.45, 7) is 3.12. The standard InChI is InChI=1S/C23H30N6O2/c24-12-17-4-6-18(7-5-17)14-28-9-10-29(15-20(28)11-19-13-26-16-27-19)21-3-1-2-8-23(21,31)22(25)30/h4-7,13,16,20-21,31H,1-3,8-11,14-15H2,(H2,25,30)(H,26,27). The summed E-state index contributed by atoms with van der Waals surface area (Å²) in [7, 11) is 0. The summed E-state index contributed by atoms with van der Waals surface area (Å²) in [6.07, 6.45) is 7.38. The van der Waals surface area contributed by atoms with Crippen LogP contribution in [0.25, 0.3) is 0 Å². The molecule has 3 atom stereocenters. The molecule has 1 saturated carbocycles. The van der Waals surface area contributed by atoms with E-state index in [-0.39, 0.29) is 12.1 Å². The zero-order valence-electron chi connectivity index (χ0n) is 17.7. The lowest BCUT2D eigenvalue weighted by atomic mass is 9.78. The smallest absolute Gasteiger partial charge is 0.251 e. The van der Waals surface area contributed by atoms with Gasteiger partial charge in [-0.05, 0) is 37.0 Å². The van der Waals surface area contributed by atoms with Gasteiger partial charge in [-0.3, -0.25) is 14.6 Å². The van der Waals surface area contributed by atoms with Crippen molar-refractivity contribution in [3.8, 4) is 6.07 Å². The fourth-order valence-corrected chi connectivity index (χ4v) is 5.08. The van der Waals surface area contributed by atoms with Crippen molar-refractivity contribution < 1.29 is 9.90 Å². The molecule has 31 heavy (non-hydrogen) atoms. The molecule has 0 radical (unpaired) electrons. The minimum atomic E-state index is -1.45. The summed E-state index contributed by atoms with van der Waals surface area (Å²) >= 11 is 0. The van der Waals surface area contributed by atoms with Crippen LogP contribution in [0.15, 0.2) is 36.8 Å². The highest BCUT2D eigenvalue weighted by atomic mass is 16.3. The van der Waals surface area contributed by atoms with Gasteiger partial charge in [-0.1, -0.05) is 18.6 Å². The number of rotatable bonds is 6. The molecule has 2 heterocycles. The third kappa shape index (κ3) is 4.64. The molecule has 3 unspecified atom stereocenters. The lowest BCUT2D eigenvalue weighted by molar-refractivity contribution is -0.151. The Morgan fingerprint density at radius 1 is 1.32 bits per heavy atom. The van der Waals surface area contributed by atoms with Crippen molar-refractivity contribution >= 4 is 5.91 Å². The van der Waals surface area contributed by atoms with Crippen LogP contribution in [-0.2, 0) is 17.8 Å². The number of carbonyl (C=O) groups excluding carboxylic acids is 1. The van der Waals surface area contributed by atoms with Crippen LogP contribution in [0.3, 0.4) is 0 Å². The maximum atomic E-state index is 12.1. The quantitative estimate of drug-likeness (QED) is 0.642. The van der Waals surface area contributed by atoms with Gasteiger partial charge in [0.1, 0.15) is 0 Å². The molecule has 8 nitrogen and oxygen atoms in total. The molecule has 4 rings (SSSR count). The number of hydrogen-bond donors (Lipinski definition) is 3. The van der Waals surface area contributed by atoms with Gasteiger partial charge in [0.15, 0.2) is 5.60 Å².